The molecule has 0 aliphatic carbocycles. The summed E-state index contributed by atoms with van der Waals surface area (Å²) < 4.78 is 1.25. The molecular formula is C14H20BrN. The fourth-order valence-corrected chi connectivity index (χ4v) is 3.27. The Morgan fingerprint density at radius 2 is 2.19 bits per heavy atom. The topological polar surface area (TPSA) is 12.0 Å². The van der Waals surface area contributed by atoms with Gasteiger partial charge >= 0.3 is 0 Å². The van der Waals surface area contributed by atoms with E-state index in [1.165, 1.54) is 22.9 Å². The molecule has 0 aromatic heterocycles. The predicted octanol–water partition coefficient (Wildman–Crippen LogP) is 3.94. The predicted molar refractivity (Wildman–Crippen MR) is 72.8 cm³/mol. The van der Waals surface area contributed by atoms with Crippen molar-refractivity contribution < 1.29 is 0 Å². The van der Waals surface area contributed by atoms with E-state index in [9.17, 15) is 0 Å². The van der Waals surface area contributed by atoms with Gasteiger partial charge in [-0.15, -0.1) is 0 Å². The lowest BCUT2D eigenvalue weighted by molar-refractivity contribution is 0.180. The number of halogens is 1. The molecular weight excluding hydrogens is 262 g/mol. The van der Waals surface area contributed by atoms with Gasteiger partial charge in [0.15, 0.2) is 0 Å². The monoisotopic (exact) mass is 281 g/mol. The summed E-state index contributed by atoms with van der Waals surface area (Å²) in [5.41, 5.74) is 1.90. The van der Waals surface area contributed by atoms with Crippen LogP contribution in [0.2, 0.25) is 0 Å². The Labute approximate surface area is 107 Å². The molecule has 1 aliphatic rings. The lowest BCUT2D eigenvalue weighted by atomic mass is 9.68. The van der Waals surface area contributed by atoms with Gasteiger partial charge in [-0.3, -0.25) is 0 Å². The van der Waals surface area contributed by atoms with Crippen molar-refractivity contribution in [2.45, 2.75) is 32.6 Å². The molecule has 1 heterocycles. The molecule has 2 heteroatoms. The molecule has 2 rings (SSSR count). The van der Waals surface area contributed by atoms with E-state index >= 15 is 0 Å². The second kappa shape index (κ2) is 4.89. The summed E-state index contributed by atoms with van der Waals surface area (Å²) in [5, 5.41) is 3.53. The molecule has 0 bridgehead atoms. The number of hydrogen-bond acceptors (Lipinski definition) is 1. The van der Waals surface area contributed by atoms with Crippen LogP contribution in [0.25, 0.3) is 0 Å². The van der Waals surface area contributed by atoms with Crippen LogP contribution in [0.5, 0.6) is 0 Å². The summed E-state index contributed by atoms with van der Waals surface area (Å²) in [6.07, 6.45) is 2.52. The van der Waals surface area contributed by atoms with Crippen molar-refractivity contribution in [2.24, 2.45) is 5.41 Å². The molecule has 1 saturated heterocycles. The van der Waals surface area contributed by atoms with Crippen LogP contribution in [0.3, 0.4) is 0 Å². The average Bonchev–Trinajstić information content (AvgIpc) is 2.31. The molecule has 16 heavy (non-hydrogen) atoms. The Morgan fingerprint density at radius 1 is 1.44 bits per heavy atom. The third kappa shape index (κ3) is 2.18. The molecule has 1 nitrogen and oxygen atoms in total. The van der Waals surface area contributed by atoms with E-state index in [1.54, 1.807) is 0 Å². The Hall–Kier alpha value is -0.340. The summed E-state index contributed by atoms with van der Waals surface area (Å²) in [6, 6.07) is 8.65. The minimum absolute atomic E-state index is 0.440. The van der Waals surface area contributed by atoms with Crippen LogP contribution in [-0.2, 0) is 0 Å². The summed E-state index contributed by atoms with van der Waals surface area (Å²) in [6.45, 7) is 7.01. The lowest BCUT2D eigenvalue weighted by Crippen LogP contribution is -2.41. The van der Waals surface area contributed by atoms with Crippen molar-refractivity contribution in [3.8, 4) is 0 Å². The van der Waals surface area contributed by atoms with Crippen molar-refractivity contribution in [3.05, 3.63) is 34.3 Å². The normalized spacial score (nSPS) is 30.3. The second-order valence-electron chi connectivity index (χ2n) is 5.04. The van der Waals surface area contributed by atoms with Crippen molar-refractivity contribution in [3.63, 3.8) is 0 Å². The Morgan fingerprint density at radius 3 is 2.88 bits per heavy atom. The maximum atomic E-state index is 3.68. The van der Waals surface area contributed by atoms with Crippen molar-refractivity contribution >= 4 is 15.9 Å². The lowest BCUT2D eigenvalue weighted by Gasteiger charge is -2.42. The maximum absolute atomic E-state index is 3.68. The fourth-order valence-electron chi connectivity index (χ4n) is 2.71. The molecule has 1 N–H and O–H groups in total. The average molecular weight is 282 g/mol. The number of benzene rings is 1. The van der Waals surface area contributed by atoms with Crippen molar-refractivity contribution in [1.29, 1.82) is 0 Å². The SMILES string of the molecule is CCC1(C)CCNCC1c1ccccc1Br. The molecule has 2 atom stereocenters. The first-order valence-electron chi connectivity index (χ1n) is 6.12. The quantitative estimate of drug-likeness (QED) is 0.866. The molecule has 1 aliphatic heterocycles. The summed E-state index contributed by atoms with van der Waals surface area (Å²) in [5.74, 6) is 0.627. The second-order valence-corrected chi connectivity index (χ2v) is 5.89. The van der Waals surface area contributed by atoms with Crippen molar-refractivity contribution in [2.75, 3.05) is 13.1 Å². The van der Waals surface area contributed by atoms with Crippen molar-refractivity contribution in [1.82, 2.24) is 5.32 Å². The van der Waals surface area contributed by atoms with Crippen LogP contribution in [0, 0.1) is 5.41 Å². The highest BCUT2D eigenvalue weighted by molar-refractivity contribution is 9.10. The van der Waals surface area contributed by atoms with Gasteiger partial charge in [-0.05, 0) is 30.0 Å². The van der Waals surface area contributed by atoms with Gasteiger partial charge in [-0.25, -0.2) is 0 Å². The zero-order valence-electron chi connectivity index (χ0n) is 10.1. The molecule has 1 aromatic rings. The zero-order chi connectivity index (χ0) is 11.6. The Kier molecular flexibility index (Phi) is 3.70. The van der Waals surface area contributed by atoms with Crippen LogP contribution in [0.15, 0.2) is 28.7 Å². The Balaban J connectivity index is 2.34. The van der Waals surface area contributed by atoms with Gasteiger partial charge in [-0.1, -0.05) is 54.4 Å². The zero-order valence-corrected chi connectivity index (χ0v) is 11.7. The summed E-state index contributed by atoms with van der Waals surface area (Å²) in [4.78, 5) is 0. The number of hydrogen-bond donors (Lipinski definition) is 1. The van der Waals surface area contributed by atoms with E-state index in [2.05, 4.69) is 59.4 Å². The van der Waals surface area contributed by atoms with Gasteiger partial charge in [0.1, 0.15) is 0 Å². The minimum Gasteiger partial charge on any atom is -0.316 e. The van der Waals surface area contributed by atoms with Gasteiger partial charge in [0.05, 0.1) is 0 Å². The summed E-state index contributed by atoms with van der Waals surface area (Å²) >= 11 is 3.68. The maximum Gasteiger partial charge on any atom is 0.0210 e. The molecule has 1 fully saturated rings. The highest BCUT2D eigenvalue weighted by Gasteiger charge is 2.36. The van der Waals surface area contributed by atoms with Crippen LogP contribution in [-0.4, -0.2) is 13.1 Å². The molecule has 0 spiro atoms. The van der Waals surface area contributed by atoms with Crippen LogP contribution in [0.4, 0.5) is 0 Å². The van der Waals surface area contributed by atoms with Gasteiger partial charge in [0.25, 0.3) is 0 Å². The van der Waals surface area contributed by atoms with Crippen LogP contribution < -0.4 is 5.32 Å². The number of piperidine rings is 1. The van der Waals surface area contributed by atoms with E-state index in [0.29, 0.717) is 11.3 Å². The van der Waals surface area contributed by atoms with Gasteiger partial charge < -0.3 is 5.32 Å². The first-order valence-corrected chi connectivity index (χ1v) is 6.92. The largest absolute Gasteiger partial charge is 0.316 e. The first-order chi connectivity index (χ1) is 7.67. The van der Waals surface area contributed by atoms with Crippen LogP contribution in [0.1, 0.15) is 38.2 Å². The molecule has 2 unspecified atom stereocenters. The van der Waals surface area contributed by atoms with Crippen LogP contribution >= 0.6 is 15.9 Å². The van der Waals surface area contributed by atoms with Gasteiger partial charge in [0, 0.05) is 16.9 Å². The fraction of sp³-hybridized carbons (Fsp3) is 0.571. The van der Waals surface area contributed by atoms with E-state index in [-0.39, 0.29) is 0 Å². The molecule has 0 amide bonds. The molecule has 88 valence electrons. The Bertz CT molecular complexity index is 364. The third-order valence-electron chi connectivity index (χ3n) is 4.15. The highest BCUT2D eigenvalue weighted by Crippen LogP contribution is 2.44. The number of nitrogens with one attached hydrogen (secondary N) is 1. The number of rotatable bonds is 2. The smallest absolute Gasteiger partial charge is 0.0210 e. The molecule has 0 saturated carbocycles. The third-order valence-corrected chi connectivity index (χ3v) is 4.87. The van der Waals surface area contributed by atoms with E-state index < -0.39 is 0 Å². The minimum atomic E-state index is 0.440. The van der Waals surface area contributed by atoms with Gasteiger partial charge in [0.2, 0.25) is 0 Å². The van der Waals surface area contributed by atoms with E-state index in [0.717, 1.165) is 13.1 Å². The highest BCUT2D eigenvalue weighted by atomic mass is 79.9. The van der Waals surface area contributed by atoms with E-state index in [1.807, 2.05) is 0 Å². The summed E-state index contributed by atoms with van der Waals surface area (Å²) in [7, 11) is 0. The van der Waals surface area contributed by atoms with Gasteiger partial charge in [-0.2, -0.15) is 0 Å². The standard InChI is InChI=1S/C14H20BrN/c1-3-14(2)8-9-16-10-12(14)11-6-4-5-7-13(11)15/h4-7,12,16H,3,8-10H2,1-2H3. The first kappa shape index (κ1) is 12.1. The van der Waals surface area contributed by atoms with E-state index in [4.69, 9.17) is 0 Å². The molecule has 1 aromatic carbocycles. The molecule has 0 radical (unpaired) electrons.